The van der Waals surface area contributed by atoms with E-state index in [-0.39, 0.29) is 11.8 Å². The summed E-state index contributed by atoms with van der Waals surface area (Å²) < 4.78 is 6.99. The van der Waals surface area contributed by atoms with E-state index in [4.69, 9.17) is 4.74 Å². The normalized spacial score (nSPS) is 16.8. The Labute approximate surface area is 138 Å². The summed E-state index contributed by atoms with van der Waals surface area (Å²) in [4.78, 5) is 16.7. The van der Waals surface area contributed by atoms with Gasteiger partial charge in [0.05, 0.1) is 7.11 Å². The minimum absolute atomic E-state index is 0.0164. The molecule has 2 heterocycles. The lowest BCUT2D eigenvalue weighted by atomic mass is 9.93. The lowest BCUT2D eigenvalue weighted by molar-refractivity contribution is -0.114. The number of anilines is 1. The quantitative estimate of drug-likeness (QED) is 0.869. The highest BCUT2D eigenvalue weighted by atomic mass is 32.2. The van der Waals surface area contributed by atoms with Gasteiger partial charge in [-0.05, 0) is 37.8 Å². The highest BCUT2D eigenvalue weighted by molar-refractivity contribution is 7.98. The van der Waals surface area contributed by atoms with Crippen LogP contribution in [-0.4, -0.2) is 33.9 Å². The zero-order chi connectivity index (χ0) is 16.6. The summed E-state index contributed by atoms with van der Waals surface area (Å²) >= 11 is 1.47. The highest BCUT2D eigenvalue weighted by Gasteiger charge is 2.32. The summed E-state index contributed by atoms with van der Waals surface area (Å²) in [6, 6.07) is 7.39. The molecule has 1 N–H and O–H groups in total. The number of aromatic nitrogens is 3. The van der Waals surface area contributed by atoms with Crippen LogP contribution in [0.5, 0.6) is 5.75 Å². The molecule has 1 aromatic carbocycles. The van der Waals surface area contributed by atoms with Gasteiger partial charge < -0.3 is 10.1 Å². The number of thioether (sulfide) groups is 1. The van der Waals surface area contributed by atoms with Gasteiger partial charge in [-0.25, -0.2) is 4.68 Å². The van der Waals surface area contributed by atoms with Crippen LogP contribution in [0.25, 0.3) is 0 Å². The van der Waals surface area contributed by atoms with Gasteiger partial charge in [-0.1, -0.05) is 23.9 Å². The molecule has 0 radical (unpaired) electrons. The molecule has 6 nitrogen and oxygen atoms in total. The average Bonchev–Trinajstić information content (AvgIpc) is 2.96. The van der Waals surface area contributed by atoms with E-state index in [9.17, 15) is 4.79 Å². The van der Waals surface area contributed by atoms with Gasteiger partial charge in [-0.15, -0.1) is 5.10 Å². The largest absolute Gasteiger partial charge is 0.497 e. The van der Waals surface area contributed by atoms with Crippen LogP contribution < -0.4 is 10.1 Å². The Kier molecular flexibility index (Phi) is 4.12. The molecule has 1 aliphatic rings. The van der Waals surface area contributed by atoms with Gasteiger partial charge in [0, 0.05) is 11.3 Å². The minimum Gasteiger partial charge on any atom is -0.497 e. The standard InChI is InChI=1S/C16H18N4O2S/c1-9-13(10(2)21)14(11-5-7-12(22-3)8-6-11)20-15(17-9)18-16(19-20)23-4/h5-8,14H,1-4H3,(H,17,18,19)/t14-/m1/s1. The van der Waals surface area contributed by atoms with Gasteiger partial charge in [0.15, 0.2) is 5.78 Å². The molecule has 0 aliphatic carbocycles. The first kappa shape index (κ1) is 15.6. The van der Waals surface area contributed by atoms with E-state index in [2.05, 4.69) is 15.4 Å². The van der Waals surface area contributed by atoms with Crippen molar-refractivity contribution < 1.29 is 9.53 Å². The summed E-state index contributed by atoms with van der Waals surface area (Å²) in [5.41, 5.74) is 2.47. The number of carbonyl (C=O) groups excluding carboxylic acids is 1. The van der Waals surface area contributed by atoms with Crippen molar-refractivity contribution in [3.63, 3.8) is 0 Å². The number of methoxy groups -OCH3 is 1. The number of carbonyl (C=O) groups is 1. The maximum absolute atomic E-state index is 12.2. The Morgan fingerprint density at radius 3 is 2.61 bits per heavy atom. The second-order valence-electron chi connectivity index (χ2n) is 5.26. The number of nitrogens with zero attached hydrogens (tertiary/aromatic N) is 3. The Morgan fingerprint density at radius 2 is 2.04 bits per heavy atom. The molecular formula is C16H18N4O2S. The van der Waals surface area contributed by atoms with E-state index in [1.54, 1.807) is 18.7 Å². The zero-order valence-electron chi connectivity index (χ0n) is 13.5. The second-order valence-corrected chi connectivity index (χ2v) is 6.04. The monoisotopic (exact) mass is 330 g/mol. The van der Waals surface area contributed by atoms with Crippen molar-refractivity contribution in [3.8, 4) is 5.75 Å². The molecule has 0 fully saturated rings. The number of hydrogen-bond donors (Lipinski definition) is 1. The Bertz CT molecular complexity index is 780. The number of rotatable bonds is 4. The molecule has 1 atom stereocenters. The second kappa shape index (κ2) is 6.08. The molecule has 0 amide bonds. The van der Waals surface area contributed by atoms with Crippen LogP contribution in [0.1, 0.15) is 25.5 Å². The zero-order valence-corrected chi connectivity index (χ0v) is 14.3. The van der Waals surface area contributed by atoms with Crippen molar-refractivity contribution in [1.29, 1.82) is 0 Å². The van der Waals surface area contributed by atoms with Crippen molar-refractivity contribution in [1.82, 2.24) is 14.8 Å². The fourth-order valence-corrected chi connectivity index (χ4v) is 3.12. The molecule has 7 heteroatoms. The van der Waals surface area contributed by atoms with Crippen molar-refractivity contribution in [2.24, 2.45) is 0 Å². The van der Waals surface area contributed by atoms with E-state index >= 15 is 0 Å². The first-order chi connectivity index (χ1) is 11.0. The fourth-order valence-electron chi connectivity index (χ4n) is 2.77. The SMILES string of the molecule is COc1ccc([C@@H]2C(C(C)=O)=C(C)Nc3nc(SC)nn32)cc1. The van der Waals surface area contributed by atoms with Crippen LogP contribution in [0.3, 0.4) is 0 Å². The van der Waals surface area contributed by atoms with Crippen LogP contribution >= 0.6 is 11.8 Å². The van der Waals surface area contributed by atoms with Gasteiger partial charge >= 0.3 is 0 Å². The number of ether oxygens (including phenoxy) is 1. The molecule has 0 bridgehead atoms. The number of Topliss-reactive ketones (excluding diaryl/α,β-unsaturated/α-hetero) is 1. The topological polar surface area (TPSA) is 69.0 Å². The summed E-state index contributed by atoms with van der Waals surface area (Å²) in [6.07, 6.45) is 1.93. The third-order valence-corrected chi connectivity index (χ3v) is 4.36. The summed E-state index contributed by atoms with van der Waals surface area (Å²) in [7, 11) is 1.63. The summed E-state index contributed by atoms with van der Waals surface area (Å²) in [6.45, 7) is 3.47. The molecule has 3 rings (SSSR count). The fraction of sp³-hybridized carbons (Fsp3) is 0.312. The van der Waals surface area contributed by atoms with Crippen LogP contribution in [0, 0.1) is 0 Å². The Hall–Kier alpha value is -2.28. The molecule has 23 heavy (non-hydrogen) atoms. The third-order valence-electron chi connectivity index (χ3n) is 3.83. The highest BCUT2D eigenvalue weighted by Crippen LogP contribution is 2.36. The smallest absolute Gasteiger partial charge is 0.227 e. The maximum Gasteiger partial charge on any atom is 0.227 e. The summed E-state index contributed by atoms with van der Waals surface area (Å²) in [5, 5.41) is 8.37. The van der Waals surface area contributed by atoms with E-state index < -0.39 is 0 Å². The molecule has 0 spiro atoms. The third kappa shape index (κ3) is 2.72. The van der Waals surface area contributed by atoms with Gasteiger partial charge in [0.1, 0.15) is 11.8 Å². The van der Waals surface area contributed by atoms with Crippen LogP contribution in [0.4, 0.5) is 5.95 Å². The number of benzene rings is 1. The number of hydrogen-bond acceptors (Lipinski definition) is 6. The molecule has 0 unspecified atom stereocenters. The van der Waals surface area contributed by atoms with Crippen LogP contribution in [-0.2, 0) is 4.79 Å². The van der Waals surface area contributed by atoms with Crippen molar-refractivity contribution in [3.05, 3.63) is 41.1 Å². The van der Waals surface area contributed by atoms with E-state index in [0.717, 1.165) is 17.0 Å². The first-order valence-electron chi connectivity index (χ1n) is 7.18. The van der Waals surface area contributed by atoms with Gasteiger partial charge in [0.2, 0.25) is 11.1 Å². The van der Waals surface area contributed by atoms with Gasteiger partial charge in [-0.2, -0.15) is 4.98 Å². The average molecular weight is 330 g/mol. The van der Waals surface area contributed by atoms with E-state index in [1.807, 2.05) is 37.4 Å². The van der Waals surface area contributed by atoms with Crippen molar-refractivity contribution >= 4 is 23.5 Å². The Balaban J connectivity index is 2.15. The number of fused-ring (bicyclic) bond motifs is 1. The molecule has 0 saturated carbocycles. The lowest BCUT2D eigenvalue weighted by Crippen LogP contribution is -2.27. The van der Waals surface area contributed by atoms with Crippen LogP contribution in [0.15, 0.2) is 40.7 Å². The first-order valence-corrected chi connectivity index (χ1v) is 8.40. The molecule has 120 valence electrons. The predicted molar refractivity (Wildman–Crippen MR) is 89.9 cm³/mol. The maximum atomic E-state index is 12.2. The van der Waals surface area contributed by atoms with Gasteiger partial charge in [0.25, 0.3) is 0 Å². The molecule has 1 aromatic heterocycles. The minimum atomic E-state index is -0.289. The Morgan fingerprint density at radius 1 is 1.35 bits per heavy atom. The molecule has 1 aliphatic heterocycles. The van der Waals surface area contributed by atoms with Crippen LogP contribution in [0.2, 0.25) is 0 Å². The van der Waals surface area contributed by atoms with E-state index in [1.165, 1.54) is 11.8 Å². The van der Waals surface area contributed by atoms with Gasteiger partial charge in [-0.3, -0.25) is 4.79 Å². The number of allylic oxidation sites excluding steroid dienone is 2. The summed E-state index contributed by atoms with van der Waals surface area (Å²) in [5.74, 6) is 1.44. The number of ketones is 1. The van der Waals surface area contributed by atoms with Crippen molar-refractivity contribution in [2.45, 2.75) is 25.0 Å². The van der Waals surface area contributed by atoms with Crippen molar-refractivity contribution in [2.75, 3.05) is 18.7 Å². The predicted octanol–water partition coefficient (Wildman–Crippen LogP) is 2.89. The van der Waals surface area contributed by atoms with E-state index in [0.29, 0.717) is 16.7 Å². The number of nitrogens with one attached hydrogen (secondary N) is 1. The lowest BCUT2D eigenvalue weighted by Gasteiger charge is -2.28. The molecule has 0 saturated heterocycles. The molecular weight excluding hydrogens is 312 g/mol. The molecule has 2 aromatic rings.